The molecule has 1 N–H and O–H groups in total. The number of hydrogen-bond donors (Lipinski definition) is 1. The Morgan fingerprint density at radius 1 is 1.47 bits per heavy atom. The van der Waals surface area contributed by atoms with Crippen LogP contribution in [-0.2, 0) is 9.59 Å². The van der Waals surface area contributed by atoms with Gasteiger partial charge in [-0.15, -0.1) is 0 Å². The van der Waals surface area contributed by atoms with Gasteiger partial charge in [0.05, 0.1) is 0 Å². The normalized spacial score (nSPS) is 24.8. The van der Waals surface area contributed by atoms with Crippen molar-refractivity contribution in [2.24, 2.45) is 11.8 Å². The standard InChI is InChI=1S/C11H19NO3/c1-5-12(11(3,4)10(14)15)9(13)8-6-7(8)2/h7-8H,5-6H2,1-4H3,(H,14,15). The Bertz CT molecular complexity index is 286. The van der Waals surface area contributed by atoms with E-state index in [0.29, 0.717) is 12.5 Å². The molecule has 0 aliphatic heterocycles. The van der Waals surface area contributed by atoms with Crippen LogP contribution in [-0.4, -0.2) is 34.0 Å². The van der Waals surface area contributed by atoms with Gasteiger partial charge in [0, 0.05) is 12.5 Å². The summed E-state index contributed by atoms with van der Waals surface area (Å²) >= 11 is 0. The summed E-state index contributed by atoms with van der Waals surface area (Å²) in [4.78, 5) is 24.5. The highest BCUT2D eigenvalue weighted by Crippen LogP contribution is 2.40. The predicted molar refractivity (Wildman–Crippen MR) is 56.4 cm³/mol. The molecule has 0 bridgehead atoms. The first-order chi connectivity index (χ1) is 6.82. The van der Waals surface area contributed by atoms with Gasteiger partial charge >= 0.3 is 5.97 Å². The van der Waals surface area contributed by atoms with Gasteiger partial charge in [0.2, 0.25) is 5.91 Å². The average molecular weight is 213 g/mol. The molecule has 1 aliphatic carbocycles. The molecular weight excluding hydrogens is 194 g/mol. The van der Waals surface area contributed by atoms with Crippen molar-refractivity contribution >= 4 is 11.9 Å². The Kier molecular flexibility index (Phi) is 3.07. The highest BCUT2D eigenvalue weighted by atomic mass is 16.4. The summed E-state index contributed by atoms with van der Waals surface area (Å²) in [6.07, 6.45) is 0.894. The fourth-order valence-electron chi connectivity index (χ4n) is 1.81. The molecule has 15 heavy (non-hydrogen) atoms. The fourth-order valence-corrected chi connectivity index (χ4v) is 1.81. The van der Waals surface area contributed by atoms with Crippen molar-refractivity contribution in [3.8, 4) is 0 Å². The third kappa shape index (κ3) is 2.13. The highest BCUT2D eigenvalue weighted by Gasteiger charge is 2.46. The number of carboxylic acids is 1. The van der Waals surface area contributed by atoms with Gasteiger partial charge in [-0.25, -0.2) is 4.79 Å². The van der Waals surface area contributed by atoms with Crippen molar-refractivity contribution in [1.82, 2.24) is 4.90 Å². The number of rotatable bonds is 4. The molecule has 0 aromatic rings. The lowest BCUT2D eigenvalue weighted by Gasteiger charge is -2.34. The van der Waals surface area contributed by atoms with E-state index >= 15 is 0 Å². The summed E-state index contributed by atoms with van der Waals surface area (Å²) in [5, 5.41) is 9.07. The molecule has 4 nitrogen and oxygen atoms in total. The number of carboxylic acid groups (broad SMARTS) is 1. The summed E-state index contributed by atoms with van der Waals surface area (Å²) in [6.45, 7) is 7.43. The number of hydrogen-bond acceptors (Lipinski definition) is 2. The topological polar surface area (TPSA) is 57.6 Å². The lowest BCUT2D eigenvalue weighted by molar-refractivity contribution is -0.157. The van der Waals surface area contributed by atoms with Crippen LogP contribution >= 0.6 is 0 Å². The van der Waals surface area contributed by atoms with Gasteiger partial charge in [0.25, 0.3) is 0 Å². The molecule has 2 unspecified atom stereocenters. The van der Waals surface area contributed by atoms with Crippen LogP contribution in [0.25, 0.3) is 0 Å². The Morgan fingerprint density at radius 3 is 2.20 bits per heavy atom. The maximum atomic E-state index is 12.0. The first kappa shape index (κ1) is 12.0. The van der Waals surface area contributed by atoms with Crippen molar-refractivity contribution in [3.63, 3.8) is 0 Å². The van der Waals surface area contributed by atoms with E-state index in [0.717, 1.165) is 6.42 Å². The van der Waals surface area contributed by atoms with Crippen molar-refractivity contribution in [2.45, 2.75) is 39.7 Å². The molecule has 1 amide bonds. The maximum absolute atomic E-state index is 12.0. The lowest BCUT2D eigenvalue weighted by atomic mass is 10.0. The molecule has 0 radical (unpaired) electrons. The highest BCUT2D eigenvalue weighted by molar-refractivity contribution is 5.88. The number of nitrogens with zero attached hydrogens (tertiary/aromatic N) is 1. The molecular formula is C11H19NO3. The molecule has 0 spiro atoms. The Morgan fingerprint density at radius 2 is 1.93 bits per heavy atom. The van der Waals surface area contributed by atoms with Crippen LogP contribution in [0.2, 0.25) is 0 Å². The second kappa shape index (κ2) is 3.83. The van der Waals surface area contributed by atoms with Gasteiger partial charge in [0.15, 0.2) is 0 Å². The predicted octanol–water partition coefficient (Wildman–Crippen LogP) is 1.35. The van der Waals surface area contributed by atoms with Crippen molar-refractivity contribution < 1.29 is 14.7 Å². The van der Waals surface area contributed by atoms with Gasteiger partial charge < -0.3 is 10.0 Å². The van der Waals surface area contributed by atoms with Crippen molar-refractivity contribution in [3.05, 3.63) is 0 Å². The van der Waals surface area contributed by atoms with Crippen LogP contribution < -0.4 is 0 Å². The Labute approximate surface area is 90.3 Å². The number of carbonyl (C=O) groups is 2. The van der Waals surface area contributed by atoms with Gasteiger partial charge in [-0.3, -0.25) is 4.79 Å². The van der Waals surface area contributed by atoms with E-state index in [2.05, 4.69) is 0 Å². The van der Waals surface area contributed by atoms with Gasteiger partial charge in [-0.05, 0) is 33.1 Å². The Hall–Kier alpha value is -1.06. The van der Waals surface area contributed by atoms with E-state index in [1.807, 2.05) is 13.8 Å². The van der Waals surface area contributed by atoms with Crippen molar-refractivity contribution in [2.75, 3.05) is 6.54 Å². The maximum Gasteiger partial charge on any atom is 0.329 e. The lowest BCUT2D eigenvalue weighted by Crippen LogP contribution is -2.53. The van der Waals surface area contributed by atoms with E-state index in [-0.39, 0.29) is 11.8 Å². The molecule has 1 rings (SSSR count). The molecule has 1 aliphatic rings. The SMILES string of the molecule is CCN(C(=O)C1CC1C)C(C)(C)C(=O)O. The van der Waals surface area contributed by atoms with Crippen LogP contribution in [0.4, 0.5) is 0 Å². The molecule has 0 aromatic carbocycles. The third-order valence-corrected chi connectivity index (χ3v) is 3.21. The molecule has 1 saturated carbocycles. The summed E-state index contributed by atoms with van der Waals surface area (Å²) < 4.78 is 0. The number of amides is 1. The van der Waals surface area contributed by atoms with Crippen LogP contribution in [0.1, 0.15) is 34.1 Å². The zero-order valence-corrected chi connectivity index (χ0v) is 9.78. The molecule has 0 saturated heterocycles. The number of likely N-dealkylation sites (N-methyl/N-ethyl adjacent to an activating group) is 1. The van der Waals surface area contributed by atoms with E-state index in [1.54, 1.807) is 13.8 Å². The minimum Gasteiger partial charge on any atom is -0.480 e. The first-order valence-electron chi connectivity index (χ1n) is 5.37. The molecule has 2 atom stereocenters. The van der Waals surface area contributed by atoms with Crippen LogP contribution in [0.3, 0.4) is 0 Å². The third-order valence-electron chi connectivity index (χ3n) is 3.21. The molecule has 1 fully saturated rings. The molecule has 0 heterocycles. The van der Waals surface area contributed by atoms with Gasteiger partial charge in [-0.1, -0.05) is 6.92 Å². The summed E-state index contributed by atoms with van der Waals surface area (Å²) in [5.74, 6) is -0.511. The smallest absolute Gasteiger partial charge is 0.329 e. The quantitative estimate of drug-likeness (QED) is 0.767. The zero-order valence-electron chi connectivity index (χ0n) is 9.78. The summed E-state index contributed by atoms with van der Waals surface area (Å²) in [7, 11) is 0. The minimum atomic E-state index is -1.10. The number of aliphatic carboxylic acids is 1. The zero-order chi connectivity index (χ0) is 11.8. The monoisotopic (exact) mass is 213 g/mol. The fraction of sp³-hybridized carbons (Fsp3) is 0.818. The van der Waals surface area contributed by atoms with E-state index in [9.17, 15) is 9.59 Å². The largest absolute Gasteiger partial charge is 0.480 e. The molecule has 0 aromatic heterocycles. The summed E-state index contributed by atoms with van der Waals surface area (Å²) in [5.41, 5.74) is -1.10. The van der Waals surface area contributed by atoms with E-state index in [4.69, 9.17) is 5.11 Å². The van der Waals surface area contributed by atoms with Gasteiger partial charge in [0.1, 0.15) is 5.54 Å². The minimum absolute atomic E-state index is 0.0163. The second-order valence-corrected chi connectivity index (χ2v) is 4.77. The number of carbonyl (C=O) groups excluding carboxylic acids is 1. The molecule has 86 valence electrons. The second-order valence-electron chi connectivity index (χ2n) is 4.77. The summed E-state index contributed by atoms with van der Waals surface area (Å²) in [6, 6.07) is 0. The average Bonchev–Trinajstić information content (AvgIpc) is 2.82. The van der Waals surface area contributed by atoms with Crippen molar-refractivity contribution in [1.29, 1.82) is 0 Å². The van der Waals surface area contributed by atoms with Crippen LogP contribution in [0.5, 0.6) is 0 Å². The van der Waals surface area contributed by atoms with E-state index in [1.165, 1.54) is 4.90 Å². The van der Waals surface area contributed by atoms with Crippen LogP contribution in [0.15, 0.2) is 0 Å². The molecule has 4 heteroatoms. The van der Waals surface area contributed by atoms with Crippen LogP contribution in [0, 0.1) is 11.8 Å². The van der Waals surface area contributed by atoms with E-state index < -0.39 is 11.5 Å². The van der Waals surface area contributed by atoms with Gasteiger partial charge in [-0.2, -0.15) is 0 Å². The first-order valence-corrected chi connectivity index (χ1v) is 5.37. The Balaban J connectivity index is 2.79.